The zero-order chi connectivity index (χ0) is 20.0. The van der Waals surface area contributed by atoms with Gasteiger partial charge in [-0.05, 0) is 18.2 Å². The van der Waals surface area contributed by atoms with Crippen molar-refractivity contribution in [2.24, 2.45) is 5.10 Å². The number of ether oxygens (including phenoxy) is 3. The molecule has 0 unspecified atom stereocenters. The van der Waals surface area contributed by atoms with Gasteiger partial charge in [0.1, 0.15) is 5.69 Å². The van der Waals surface area contributed by atoms with Crippen molar-refractivity contribution < 1.29 is 24.1 Å². The normalized spacial score (nSPS) is 10.5. The summed E-state index contributed by atoms with van der Waals surface area (Å²) in [7, 11) is 4.39. The van der Waals surface area contributed by atoms with Crippen molar-refractivity contribution >= 4 is 23.3 Å². The first-order valence-electron chi connectivity index (χ1n) is 7.43. The van der Waals surface area contributed by atoms with Gasteiger partial charge < -0.3 is 14.2 Å². The van der Waals surface area contributed by atoms with Crippen molar-refractivity contribution in [2.45, 2.75) is 0 Å². The maximum Gasteiger partial charge on any atom is 0.301 e. The number of nitrogens with zero attached hydrogens (tertiary/aromatic N) is 3. The Morgan fingerprint density at radius 3 is 2.22 bits per heavy atom. The molecule has 0 aliphatic heterocycles. The van der Waals surface area contributed by atoms with Gasteiger partial charge in [0.15, 0.2) is 11.5 Å². The lowest BCUT2D eigenvalue weighted by Gasteiger charge is -2.13. The SMILES string of the molecule is COc1ccc(/C=N/Nc2ccc([N+](=O)[O-])cc2[N+](=O)[O-])c(OC)c1OC. The molecule has 0 aliphatic carbocycles. The van der Waals surface area contributed by atoms with Crippen molar-refractivity contribution in [2.75, 3.05) is 26.8 Å². The molecule has 0 aliphatic rings. The summed E-state index contributed by atoms with van der Waals surface area (Å²) in [5, 5.41) is 25.8. The highest BCUT2D eigenvalue weighted by molar-refractivity contribution is 5.86. The molecule has 0 aromatic heterocycles. The van der Waals surface area contributed by atoms with E-state index in [4.69, 9.17) is 14.2 Å². The molecule has 1 N–H and O–H groups in total. The van der Waals surface area contributed by atoms with Crippen molar-refractivity contribution in [1.82, 2.24) is 0 Å². The molecule has 0 radical (unpaired) electrons. The first kappa shape index (κ1) is 19.4. The second-order valence-corrected chi connectivity index (χ2v) is 5.01. The molecule has 2 rings (SSSR count). The number of non-ortho nitro benzene ring substituents is 1. The number of hydrogen-bond donors (Lipinski definition) is 1. The average molecular weight is 376 g/mol. The minimum absolute atomic E-state index is 0.00120. The fourth-order valence-electron chi connectivity index (χ4n) is 2.28. The molecule has 0 atom stereocenters. The van der Waals surface area contributed by atoms with Gasteiger partial charge in [-0.15, -0.1) is 0 Å². The topological polar surface area (TPSA) is 138 Å². The van der Waals surface area contributed by atoms with Crippen LogP contribution in [0.2, 0.25) is 0 Å². The van der Waals surface area contributed by atoms with E-state index in [1.165, 1.54) is 33.6 Å². The summed E-state index contributed by atoms with van der Waals surface area (Å²) < 4.78 is 15.8. The number of nitro benzene ring substituents is 2. The fraction of sp³-hybridized carbons (Fsp3) is 0.188. The third-order valence-corrected chi connectivity index (χ3v) is 3.51. The summed E-state index contributed by atoms with van der Waals surface area (Å²) in [6.45, 7) is 0. The van der Waals surface area contributed by atoms with Crippen LogP contribution < -0.4 is 19.6 Å². The number of nitro groups is 2. The second kappa shape index (κ2) is 8.47. The van der Waals surface area contributed by atoms with Gasteiger partial charge in [0.05, 0.1) is 43.5 Å². The number of methoxy groups -OCH3 is 3. The third-order valence-electron chi connectivity index (χ3n) is 3.51. The molecule has 2 aromatic carbocycles. The first-order valence-corrected chi connectivity index (χ1v) is 7.43. The van der Waals surface area contributed by atoms with Crippen LogP contribution in [0.4, 0.5) is 17.1 Å². The van der Waals surface area contributed by atoms with Crippen LogP contribution in [0.15, 0.2) is 35.4 Å². The Bertz CT molecular complexity index is 899. The smallest absolute Gasteiger partial charge is 0.301 e. The van der Waals surface area contributed by atoms with Crippen molar-refractivity contribution in [3.63, 3.8) is 0 Å². The average Bonchev–Trinajstić information content (AvgIpc) is 2.67. The predicted octanol–water partition coefficient (Wildman–Crippen LogP) is 2.97. The van der Waals surface area contributed by atoms with E-state index in [9.17, 15) is 20.2 Å². The van der Waals surface area contributed by atoms with Gasteiger partial charge >= 0.3 is 5.69 Å². The highest BCUT2D eigenvalue weighted by Gasteiger charge is 2.19. The van der Waals surface area contributed by atoms with Gasteiger partial charge in [0.25, 0.3) is 5.69 Å². The summed E-state index contributed by atoms with van der Waals surface area (Å²) in [5.74, 6) is 1.19. The highest BCUT2D eigenvalue weighted by Crippen LogP contribution is 2.39. The van der Waals surface area contributed by atoms with Crippen LogP contribution in [-0.2, 0) is 0 Å². The van der Waals surface area contributed by atoms with Crippen molar-refractivity contribution in [3.05, 3.63) is 56.1 Å². The molecule has 0 saturated carbocycles. The summed E-state index contributed by atoms with van der Waals surface area (Å²) in [6.07, 6.45) is 1.37. The van der Waals surface area contributed by atoms with Crippen LogP contribution in [0.1, 0.15) is 5.56 Å². The minimum Gasteiger partial charge on any atom is -0.493 e. The molecule has 11 heteroatoms. The molecular formula is C16H16N4O7. The number of hydrazone groups is 1. The Hall–Kier alpha value is -3.89. The van der Waals surface area contributed by atoms with Crippen LogP contribution in [0.5, 0.6) is 17.2 Å². The van der Waals surface area contributed by atoms with Gasteiger partial charge in [0, 0.05) is 11.6 Å². The quantitative estimate of drug-likeness (QED) is 0.421. The Morgan fingerprint density at radius 1 is 0.963 bits per heavy atom. The van der Waals surface area contributed by atoms with E-state index in [2.05, 4.69) is 10.5 Å². The van der Waals surface area contributed by atoms with Crippen molar-refractivity contribution in [1.29, 1.82) is 0 Å². The van der Waals surface area contributed by atoms with Gasteiger partial charge in [-0.2, -0.15) is 5.10 Å². The van der Waals surface area contributed by atoms with E-state index in [1.807, 2.05) is 0 Å². The van der Waals surface area contributed by atoms with Gasteiger partial charge in [-0.25, -0.2) is 0 Å². The molecule has 0 amide bonds. The molecule has 0 saturated heterocycles. The number of anilines is 1. The fourth-order valence-corrected chi connectivity index (χ4v) is 2.28. The van der Waals surface area contributed by atoms with Crippen LogP contribution in [0.25, 0.3) is 0 Å². The number of rotatable bonds is 8. The van der Waals surface area contributed by atoms with Crippen LogP contribution in [0.3, 0.4) is 0 Å². The lowest BCUT2D eigenvalue weighted by atomic mass is 10.2. The number of benzene rings is 2. The Kier molecular flexibility index (Phi) is 6.10. The second-order valence-electron chi connectivity index (χ2n) is 5.01. The number of nitrogens with one attached hydrogen (secondary N) is 1. The minimum atomic E-state index is -0.734. The van der Waals surface area contributed by atoms with Gasteiger partial charge in [-0.1, -0.05) is 0 Å². The third kappa shape index (κ3) is 4.21. The molecular weight excluding hydrogens is 360 g/mol. The summed E-state index contributed by atoms with van der Waals surface area (Å²) in [6, 6.07) is 6.52. The predicted molar refractivity (Wildman–Crippen MR) is 97.1 cm³/mol. The molecule has 11 nitrogen and oxygen atoms in total. The lowest BCUT2D eigenvalue weighted by molar-refractivity contribution is -0.393. The van der Waals surface area contributed by atoms with Gasteiger partial charge in [-0.3, -0.25) is 25.7 Å². The van der Waals surface area contributed by atoms with E-state index in [0.29, 0.717) is 22.8 Å². The molecule has 0 fully saturated rings. The maximum atomic E-state index is 11.1. The maximum absolute atomic E-state index is 11.1. The lowest BCUT2D eigenvalue weighted by Crippen LogP contribution is -2.01. The molecule has 0 bridgehead atoms. The molecule has 0 spiro atoms. The molecule has 2 aromatic rings. The summed E-state index contributed by atoms with van der Waals surface area (Å²) in [5.41, 5.74) is 2.16. The zero-order valence-electron chi connectivity index (χ0n) is 14.7. The van der Waals surface area contributed by atoms with E-state index in [0.717, 1.165) is 12.1 Å². The van der Waals surface area contributed by atoms with Crippen LogP contribution >= 0.6 is 0 Å². The monoisotopic (exact) mass is 376 g/mol. The summed E-state index contributed by atoms with van der Waals surface area (Å²) >= 11 is 0. The standard InChI is InChI=1S/C16H16N4O7/c1-25-14-7-4-10(15(26-2)16(14)27-3)9-17-18-12-6-5-11(19(21)22)8-13(12)20(23)24/h4-9,18H,1-3H3/b17-9+. The van der Waals surface area contributed by atoms with Crippen molar-refractivity contribution in [3.8, 4) is 17.2 Å². The van der Waals surface area contributed by atoms with E-state index in [-0.39, 0.29) is 5.69 Å². The Labute approximate surface area is 153 Å². The first-order chi connectivity index (χ1) is 12.9. The Morgan fingerprint density at radius 2 is 1.67 bits per heavy atom. The largest absolute Gasteiger partial charge is 0.493 e. The Balaban J connectivity index is 2.33. The van der Waals surface area contributed by atoms with E-state index >= 15 is 0 Å². The molecule has 27 heavy (non-hydrogen) atoms. The summed E-state index contributed by atoms with van der Waals surface area (Å²) in [4.78, 5) is 20.4. The van der Waals surface area contributed by atoms with Crippen LogP contribution in [0, 0.1) is 20.2 Å². The zero-order valence-corrected chi connectivity index (χ0v) is 14.7. The van der Waals surface area contributed by atoms with Gasteiger partial charge in [0.2, 0.25) is 5.75 Å². The molecule has 142 valence electrons. The van der Waals surface area contributed by atoms with E-state index in [1.54, 1.807) is 12.1 Å². The van der Waals surface area contributed by atoms with E-state index < -0.39 is 21.2 Å². The molecule has 0 heterocycles. The highest BCUT2D eigenvalue weighted by atomic mass is 16.6. The number of hydrogen-bond acceptors (Lipinski definition) is 9. The van der Waals surface area contributed by atoms with Crippen LogP contribution in [-0.4, -0.2) is 37.4 Å².